The van der Waals surface area contributed by atoms with Gasteiger partial charge in [-0.25, -0.2) is 0 Å². The number of hydrogen-bond donors (Lipinski definition) is 0. The van der Waals surface area contributed by atoms with Gasteiger partial charge in [-0.05, 0) is 106 Å². The fourth-order valence-corrected chi connectivity index (χ4v) is 7.66. The Morgan fingerprint density at radius 1 is 0.350 bits per heavy atom. The van der Waals surface area contributed by atoms with E-state index in [1.165, 1.54) is 44.2 Å². The summed E-state index contributed by atoms with van der Waals surface area (Å²) in [6, 6.07) is 39.5. The Morgan fingerprint density at radius 3 is 1.25 bits per heavy atom. The van der Waals surface area contributed by atoms with E-state index in [0.29, 0.717) is 0 Å². The molecule has 0 aromatic heterocycles. The van der Waals surface area contributed by atoms with Gasteiger partial charge < -0.3 is 0 Å². The Bertz CT molecular complexity index is 1890. The Kier molecular flexibility index (Phi) is 7.89. The van der Waals surface area contributed by atoms with Crippen molar-refractivity contribution < 1.29 is 0 Å². The van der Waals surface area contributed by atoms with E-state index in [4.69, 9.17) is 0 Å². The molecule has 0 aliphatic heterocycles. The summed E-state index contributed by atoms with van der Waals surface area (Å²) in [5.41, 5.74) is 11.8. The Hall–Kier alpha value is -2.50. The van der Waals surface area contributed by atoms with Crippen molar-refractivity contribution in [1.29, 1.82) is 0 Å². The maximum Gasteiger partial charge on any atom is 0.0265 e. The van der Waals surface area contributed by atoms with E-state index in [-0.39, 0.29) is 0 Å². The monoisotopic (exact) mass is 772 g/mol. The third-order valence-electron chi connectivity index (χ3n) is 7.30. The molecule has 4 heteroatoms. The van der Waals surface area contributed by atoms with E-state index >= 15 is 0 Å². The van der Waals surface area contributed by atoms with Crippen LogP contribution in [0.25, 0.3) is 55.3 Å². The molecule has 196 valence electrons. The van der Waals surface area contributed by atoms with E-state index in [0.717, 1.165) is 40.1 Å². The summed E-state index contributed by atoms with van der Waals surface area (Å²) in [7, 11) is 0. The summed E-state index contributed by atoms with van der Waals surface area (Å²) < 4.78 is 4.17. The fraction of sp³-hybridized carbons (Fsp3) is 0.0556. The highest BCUT2D eigenvalue weighted by atomic mass is 79.9. The summed E-state index contributed by atoms with van der Waals surface area (Å²) in [6.45, 7) is 4.25. The highest BCUT2D eigenvalue weighted by Gasteiger charge is 2.18. The van der Waals surface area contributed by atoms with Gasteiger partial charge in [0.25, 0.3) is 0 Å². The van der Waals surface area contributed by atoms with Gasteiger partial charge in [0.2, 0.25) is 0 Å². The topological polar surface area (TPSA) is 0 Å². The first-order valence-corrected chi connectivity index (χ1v) is 16.1. The van der Waals surface area contributed by atoms with Crippen LogP contribution in [0.1, 0.15) is 11.1 Å². The molecule has 0 saturated carbocycles. The Balaban J connectivity index is 1.57. The molecule has 0 aliphatic rings. The van der Waals surface area contributed by atoms with Crippen LogP contribution < -0.4 is 0 Å². The van der Waals surface area contributed by atoms with Gasteiger partial charge in [-0.2, -0.15) is 0 Å². The van der Waals surface area contributed by atoms with Crippen molar-refractivity contribution in [3.63, 3.8) is 0 Å². The molecule has 0 radical (unpaired) electrons. The van der Waals surface area contributed by atoms with Crippen molar-refractivity contribution in [3.8, 4) is 44.5 Å². The molecule has 0 N–H and O–H groups in total. The number of aryl methyl sites for hydroxylation is 2. The van der Waals surface area contributed by atoms with Crippen LogP contribution in [0.5, 0.6) is 0 Å². The summed E-state index contributed by atoms with van der Waals surface area (Å²) in [5.74, 6) is 0. The molecule has 0 fully saturated rings. The molecule has 0 aliphatic carbocycles. The van der Waals surface area contributed by atoms with Gasteiger partial charge in [-0.3, -0.25) is 0 Å². The minimum atomic E-state index is 1.03. The van der Waals surface area contributed by atoms with Crippen LogP contribution in [-0.2, 0) is 0 Å². The van der Waals surface area contributed by atoms with Crippen molar-refractivity contribution >= 4 is 74.5 Å². The van der Waals surface area contributed by atoms with E-state index in [1.807, 2.05) is 0 Å². The lowest BCUT2D eigenvalue weighted by molar-refractivity contribution is 1.45. The normalized spacial score (nSPS) is 11.2. The first-order chi connectivity index (χ1) is 19.3. The molecule has 0 heterocycles. The molecule has 0 amide bonds. The van der Waals surface area contributed by atoms with Crippen LogP contribution in [0, 0.1) is 13.8 Å². The molecule has 0 unspecified atom stereocenters. The third-order valence-corrected chi connectivity index (χ3v) is 9.93. The van der Waals surface area contributed by atoms with E-state index < -0.39 is 0 Å². The van der Waals surface area contributed by atoms with E-state index in [1.54, 1.807) is 0 Å². The summed E-state index contributed by atoms with van der Waals surface area (Å²) in [5, 5.41) is 2.42. The molecular formula is C36H24Br4. The van der Waals surface area contributed by atoms with Crippen molar-refractivity contribution in [2.24, 2.45) is 0 Å². The van der Waals surface area contributed by atoms with E-state index in [9.17, 15) is 0 Å². The third kappa shape index (κ3) is 5.39. The molecule has 6 aromatic rings. The van der Waals surface area contributed by atoms with Crippen LogP contribution >= 0.6 is 63.7 Å². The van der Waals surface area contributed by atoms with Gasteiger partial charge in [0.15, 0.2) is 0 Å². The lowest BCUT2D eigenvalue weighted by atomic mass is 9.89. The Morgan fingerprint density at radius 2 is 0.725 bits per heavy atom. The molecule has 40 heavy (non-hydrogen) atoms. The molecule has 0 nitrogen and oxygen atoms in total. The lowest BCUT2D eigenvalue weighted by Crippen LogP contribution is -1.92. The van der Waals surface area contributed by atoms with Gasteiger partial charge in [-0.1, -0.05) is 148 Å². The SMILES string of the molecule is Cc1ccc(-c2cc(Br)c(-c3cc(-c4cc5ccccc5cc4Br)c(Br)cc3Br)cc2-c2ccc(C)cc2)cc1. The van der Waals surface area contributed by atoms with Crippen molar-refractivity contribution in [1.82, 2.24) is 0 Å². The van der Waals surface area contributed by atoms with Crippen molar-refractivity contribution in [2.45, 2.75) is 13.8 Å². The molecule has 6 rings (SSSR count). The minimum absolute atomic E-state index is 1.03. The lowest BCUT2D eigenvalue weighted by Gasteiger charge is -2.18. The average Bonchev–Trinajstić information content (AvgIpc) is 2.94. The van der Waals surface area contributed by atoms with Crippen LogP contribution in [0.2, 0.25) is 0 Å². The van der Waals surface area contributed by atoms with Gasteiger partial charge in [-0.15, -0.1) is 0 Å². The zero-order valence-electron chi connectivity index (χ0n) is 21.9. The van der Waals surface area contributed by atoms with Gasteiger partial charge in [0.05, 0.1) is 0 Å². The number of hydrogen-bond acceptors (Lipinski definition) is 0. The first-order valence-electron chi connectivity index (χ1n) is 12.9. The average molecular weight is 776 g/mol. The summed E-state index contributed by atoms with van der Waals surface area (Å²) in [4.78, 5) is 0. The van der Waals surface area contributed by atoms with Crippen LogP contribution in [0.4, 0.5) is 0 Å². The number of halogens is 4. The largest absolute Gasteiger partial charge is 0.0616 e. The molecule has 0 spiro atoms. The smallest absolute Gasteiger partial charge is 0.0265 e. The second-order valence-electron chi connectivity index (χ2n) is 10.1. The number of rotatable bonds is 4. The minimum Gasteiger partial charge on any atom is -0.0616 e. The van der Waals surface area contributed by atoms with Crippen molar-refractivity contribution in [3.05, 3.63) is 138 Å². The molecule has 0 atom stereocenters. The molecular weight excluding hydrogens is 752 g/mol. The molecule has 0 saturated heterocycles. The van der Waals surface area contributed by atoms with Gasteiger partial charge >= 0.3 is 0 Å². The summed E-state index contributed by atoms with van der Waals surface area (Å²) in [6.07, 6.45) is 0. The predicted octanol–water partition coefficient (Wildman–Crippen LogP) is 13.2. The fourth-order valence-electron chi connectivity index (χ4n) is 5.10. The molecule has 0 bridgehead atoms. The molecule has 6 aromatic carbocycles. The Labute approximate surface area is 269 Å². The van der Waals surface area contributed by atoms with Crippen LogP contribution in [0.15, 0.2) is 127 Å². The highest BCUT2D eigenvalue weighted by Crippen LogP contribution is 2.46. The maximum absolute atomic E-state index is 3.95. The zero-order chi connectivity index (χ0) is 28.0. The van der Waals surface area contributed by atoms with Gasteiger partial charge in [0.1, 0.15) is 0 Å². The second-order valence-corrected chi connectivity index (χ2v) is 13.5. The van der Waals surface area contributed by atoms with E-state index in [2.05, 4.69) is 187 Å². The highest BCUT2D eigenvalue weighted by molar-refractivity contribution is 9.11. The van der Waals surface area contributed by atoms with Gasteiger partial charge in [0, 0.05) is 17.9 Å². The van der Waals surface area contributed by atoms with Crippen LogP contribution in [0.3, 0.4) is 0 Å². The summed E-state index contributed by atoms with van der Waals surface area (Å²) >= 11 is 15.5. The second kappa shape index (κ2) is 11.4. The quantitative estimate of drug-likeness (QED) is 0.167. The number of benzene rings is 6. The standard InChI is InChI=1S/C36H24Br4/c1-21-7-11-23(12-8-21)27-17-30(34(38)19-28(27)24-13-9-22(2)10-14-24)32-18-31(35(39)20-36(32)40)29-15-25-5-3-4-6-26(25)16-33(29)37/h3-20H,1-2H3. The number of fused-ring (bicyclic) bond motifs is 1. The van der Waals surface area contributed by atoms with Crippen LogP contribution in [-0.4, -0.2) is 0 Å². The predicted molar refractivity (Wildman–Crippen MR) is 186 cm³/mol. The first kappa shape index (κ1) is 27.7. The zero-order valence-corrected chi connectivity index (χ0v) is 28.2. The maximum atomic E-state index is 3.95. The van der Waals surface area contributed by atoms with Crippen molar-refractivity contribution in [2.75, 3.05) is 0 Å².